The van der Waals surface area contributed by atoms with Gasteiger partial charge in [-0.05, 0) is 71.0 Å². The van der Waals surface area contributed by atoms with E-state index in [4.69, 9.17) is 0 Å². The van der Waals surface area contributed by atoms with Gasteiger partial charge in [0.25, 0.3) is 0 Å². The van der Waals surface area contributed by atoms with E-state index in [0.717, 1.165) is 60.2 Å². The van der Waals surface area contributed by atoms with Crippen molar-refractivity contribution in [3.8, 4) is 5.69 Å². The Labute approximate surface area is 193 Å². The summed E-state index contributed by atoms with van der Waals surface area (Å²) in [6.07, 6.45) is 3.93. The average molecular weight is 444 g/mol. The van der Waals surface area contributed by atoms with E-state index in [1.807, 2.05) is 80.2 Å². The van der Waals surface area contributed by atoms with Gasteiger partial charge >= 0.3 is 0 Å². The number of aromatic nitrogens is 5. The van der Waals surface area contributed by atoms with Crippen LogP contribution < -0.4 is 5.32 Å². The Kier molecular flexibility index (Phi) is 5.68. The average Bonchev–Trinajstić information content (AvgIpc) is 3.41. The van der Waals surface area contributed by atoms with E-state index in [1.165, 1.54) is 0 Å². The number of fused-ring (bicyclic) bond motifs is 1. The summed E-state index contributed by atoms with van der Waals surface area (Å²) in [5.74, 6) is 1.37. The summed E-state index contributed by atoms with van der Waals surface area (Å²) in [5, 5.41) is 16.5. The largest absolute Gasteiger partial charge is 0.322 e. The van der Waals surface area contributed by atoms with Crippen LogP contribution in [0.25, 0.3) is 11.3 Å². The number of piperidine rings is 1. The minimum atomic E-state index is -0.222. The molecule has 8 heteroatoms. The molecule has 1 saturated heterocycles. The zero-order valence-corrected chi connectivity index (χ0v) is 19.3. The first-order valence-electron chi connectivity index (χ1n) is 11.5. The number of aryl methyl sites for hydroxylation is 1. The number of carbonyl (C=O) groups is 1. The van der Waals surface area contributed by atoms with Gasteiger partial charge in [0.2, 0.25) is 5.91 Å². The number of anilines is 1. The van der Waals surface area contributed by atoms with Crippen LogP contribution in [-0.4, -0.2) is 54.3 Å². The van der Waals surface area contributed by atoms with Gasteiger partial charge in [-0.15, -0.1) is 10.2 Å². The molecule has 8 nitrogen and oxygen atoms in total. The smallest absolute Gasteiger partial charge is 0.241 e. The fourth-order valence-electron chi connectivity index (χ4n) is 4.72. The zero-order chi connectivity index (χ0) is 22.9. The van der Waals surface area contributed by atoms with Crippen molar-refractivity contribution in [1.82, 2.24) is 29.3 Å². The quantitative estimate of drug-likeness (QED) is 0.508. The molecule has 4 aromatic rings. The normalized spacial score (nSPS) is 16.2. The van der Waals surface area contributed by atoms with Crippen LogP contribution in [-0.2, 0) is 4.79 Å². The van der Waals surface area contributed by atoms with Crippen LogP contribution in [0.1, 0.15) is 42.9 Å². The van der Waals surface area contributed by atoms with E-state index in [2.05, 4.69) is 29.9 Å². The zero-order valence-electron chi connectivity index (χ0n) is 19.3. The number of carbonyl (C=O) groups excluding carboxylic acids is 1. The van der Waals surface area contributed by atoms with E-state index < -0.39 is 0 Å². The second kappa shape index (κ2) is 8.78. The monoisotopic (exact) mass is 443 g/mol. The molecule has 0 aliphatic carbocycles. The Morgan fingerprint density at radius 3 is 2.52 bits per heavy atom. The van der Waals surface area contributed by atoms with Crippen molar-refractivity contribution in [2.75, 3.05) is 18.4 Å². The molecule has 1 aromatic carbocycles. The predicted molar refractivity (Wildman–Crippen MR) is 128 cm³/mol. The van der Waals surface area contributed by atoms with Crippen LogP contribution in [0, 0.1) is 13.8 Å². The predicted octanol–water partition coefficient (Wildman–Crippen LogP) is 3.74. The number of hydrogen-bond acceptors (Lipinski definition) is 5. The molecule has 5 rings (SSSR count). The summed E-state index contributed by atoms with van der Waals surface area (Å²) in [7, 11) is 0. The summed E-state index contributed by atoms with van der Waals surface area (Å²) in [6, 6.07) is 15.7. The fraction of sp³-hybridized carbons (Fsp3) is 0.360. The number of amides is 1. The van der Waals surface area contributed by atoms with Gasteiger partial charge < -0.3 is 5.32 Å². The van der Waals surface area contributed by atoms with Gasteiger partial charge in [0, 0.05) is 12.1 Å². The van der Waals surface area contributed by atoms with E-state index >= 15 is 0 Å². The molecule has 0 spiro atoms. The lowest BCUT2D eigenvalue weighted by atomic mass is 9.95. The fourth-order valence-corrected chi connectivity index (χ4v) is 4.72. The van der Waals surface area contributed by atoms with Crippen molar-refractivity contribution >= 4 is 17.2 Å². The van der Waals surface area contributed by atoms with Crippen LogP contribution in [0.2, 0.25) is 0 Å². The lowest BCUT2D eigenvalue weighted by Gasteiger charge is -2.34. The van der Waals surface area contributed by atoms with Crippen molar-refractivity contribution in [2.45, 2.75) is 45.6 Å². The first-order chi connectivity index (χ1) is 16.0. The van der Waals surface area contributed by atoms with Crippen molar-refractivity contribution in [2.24, 2.45) is 0 Å². The van der Waals surface area contributed by atoms with Gasteiger partial charge in [-0.25, -0.2) is 4.68 Å². The summed E-state index contributed by atoms with van der Waals surface area (Å²) in [5.41, 5.74) is 4.39. The van der Waals surface area contributed by atoms with Crippen LogP contribution in [0.3, 0.4) is 0 Å². The molecule has 33 heavy (non-hydrogen) atoms. The third-order valence-corrected chi connectivity index (χ3v) is 6.70. The molecule has 0 radical (unpaired) electrons. The molecular weight excluding hydrogens is 414 g/mol. The maximum atomic E-state index is 13.1. The van der Waals surface area contributed by atoms with Crippen molar-refractivity contribution in [3.05, 3.63) is 71.9 Å². The van der Waals surface area contributed by atoms with Gasteiger partial charge in [-0.3, -0.25) is 14.1 Å². The number of para-hydroxylation sites is 1. The number of hydrogen-bond donors (Lipinski definition) is 1. The number of likely N-dealkylation sites (tertiary alicyclic amines) is 1. The van der Waals surface area contributed by atoms with Crippen molar-refractivity contribution in [3.63, 3.8) is 0 Å². The molecule has 1 N–H and O–H groups in total. The van der Waals surface area contributed by atoms with Gasteiger partial charge in [-0.2, -0.15) is 5.10 Å². The van der Waals surface area contributed by atoms with Crippen molar-refractivity contribution < 1.29 is 4.79 Å². The molecule has 1 fully saturated rings. The molecule has 0 bridgehead atoms. The maximum Gasteiger partial charge on any atom is 0.241 e. The van der Waals surface area contributed by atoms with Gasteiger partial charge in [0.05, 0.1) is 28.8 Å². The molecule has 0 saturated carbocycles. The summed E-state index contributed by atoms with van der Waals surface area (Å²) in [6.45, 7) is 7.60. The minimum absolute atomic E-state index is 0.000175. The molecule has 1 aliphatic heterocycles. The SMILES string of the molecule is Cc1nn(-c2ccccc2)c(C)c1NC(=O)C(C)N1CCC(c2nnc3ccccn23)CC1. The second-order valence-corrected chi connectivity index (χ2v) is 8.76. The van der Waals surface area contributed by atoms with E-state index in [0.29, 0.717) is 5.92 Å². The van der Waals surface area contributed by atoms with E-state index in [-0.39, 0.29) is 11.9 Å². The minimum Gasteiger partial charge on any atom is -0.322 e. The highest BCUT2D eigenvalue weighted by Crippen LogP contribution is 2.29. The topological polar surface area (TPSA) is 80.3 Å². The third kappa shape index (κ3) is 4.02. The van der Waals surface area contributed by atoms with Crippen LogP contribution in [0.4, 0.5) is 5.69 Å². The Bertz CT molecular complexity index is 1270. The molecule has 1 amide bonds. The second-order valence-electron chi connectivity index (χ2n) is 8.76. The first-order valence-corrected chi connectivity index (χ1v) is 11.5. The van der Waals surface area contributed by atoms with Crippen LogP contribution >= 0.6 is 0 Å². The lowest BCUT2D eigenvalue weighted by molar-refractivity contribution is -0.121. The summed E-state index contributed by atoms with van der Waals surface area (Å²) in [4.78, 5) is 15.4. The van der Waals surface area contributed by atoms with Crippen LogP contribution in [0.5, 0.6) is 0 Å². The Morgan fingerprint density at radius 1 is 1.03 bits per heavy atom. The third-order valence-electron chi connectivity index (χ3n) is 6.70. The summed E-state index contributed by atoms with van der Waals surface area (Å²) < 4.78 is 3.95. The van der Waals surface area contributed by atoms with Gasteiger partial charge in [0.15, 0.2) is 5.65 Å². The number of nitrogens with one attached hydrogen (secondary N) is 1. The molecule has 1 atom stereocenters. The molecule has 170 valence electrons. The summed E-state index contributed by atoms with van der Waals surface area (Å²) >= 11 is 0. The molecule has 3 aromatic heterocycles. The maximum absolute atomic E-state index is 13.1. The molecule has 1 aliphatic rings. The standard InChI is InChI=1S/C25H29N7O/c1-17-23(18(2)32(29-17)21-9-5-4-6-10-21)26-25(33)19(3)30-15-12-20(13-16-30)24-28-27-22-11-7-8-14-31(22)24/h4-11,14,19-20H,12-13,15-16H2,1-3H3,(H,26,33). The van der Waals surface area contributed by atoms with E-state index in [1.54, 1.807) is 0 Å². The highest BCUT2D eigenvalue weighted by Gasteiger charge is 2.30. The molecule has 4 heterocycles. The van der Waals surface area contributed by atoms with Gasteiger partial charge in [0.1, 0.15) is 5.82 Å². The van der Waals surface area contributed by atoms with Crippen molar-refractivity contribution in [1.29, 1.82) is 0 Å². The lowest BCUT2D eigenvalue weighted by Crippen LogP contribution is -2.46. The highest BCUT2D eigenvalue weighted by atomic mass is 16.2. The number of benzene rings is 1. The highest BCUT2D eigenvalue weighted by molar-refractivity contribution is 5.95. The Morgan fingerprint density at radius 2 is 1.76 bits per heavy atom. The van der Waals surface area contributed by atoms with Crippen LogP contribution in [0.15, 0.2) is 54.7 Å². The Hall–Kier alpha value is -3.52. The molecular formula is C25H29N7O. The number of nitrogens with zero attached hydrogens (tertiary/aromatic N) is 6. The number of pyridine rings is 1. The van der Waals surface area contributed by atoms with Gasteiger partial charge in [-0.1, -0.05) is 24.3 Å². The van der Waals surface area contributed by atoms with E-state index in [9.17, 15) is 4.79 Å². The number of rotatable bonds is 5. The first kappa shape index (κ1) is 21.3. The molecule has 1 unspecified atom stereocenters. The Balaban J connectivity index is 1.24.